The average molecular weight is 354 g/mol. The van der Waals surface area contributed by atoms with Crippen molar-refractivity contribution in [2.24, 2.45) is 0 Å². The molecule has 25 heavy (non-hydrogen) atoms. The van der Waals surface area contributed by atoms with E-state index in [2.05, 4.69) is 24.5 Å². The van der Waals surface area contributed by atoms with Crippen LogP contribution in [0, 0.1) is 11.3 Å². The molecule has 0 radical (unpaired) electrons. The fraction of sp³-hybridized carbons (Fsp3) is 0.200. The molecule has 2 N–H and O–H groups in total. The van der Waals surface area contributed by atoms with Crippen LogP contribution in [0.1, 0.15) is 30.9 Å². The molecule has 2 aromatic carbocycles. The molecule has 0 atom stereocenters. The maximum Gasteiger partial charge on any atom is 0.267 e. The second kappa shape index (κ2) is 8.91. The van der Waals surface area contributed by atoms with Gasteiger partial charge in [0, 0.05) is 23.5 Å². The molecular weight excluding hydrogens is 334 g/mol. The van der Waals surface area contributed by atoms with E-state index in [-0.39, 0.29) is 11.5 Å². The van der Waals surface area contributed by atoms with E-state index in [1.54, 1.807) is 12.1 Å². The van der Waals surface area contributed by atoms with E-state index in [9.17, 15) is 10.1 Å². The number of nitriles is 1. The molecule has 2 rings (SSSR count). The Morgan fingerprint density at radius 3 is 2.52 bits per heavy atom. The minimum Gasteiger partial charge on any atom is -0.386 e. The molecule has 0 bridgehead atoms. The Morgan fingerprint density at radius 1 is 1.20 bits per heavy atom. The lowest BCUT2D eigenvalue weighted by Crippen LogP contribution is -2.17. The Labute approximate surface area is 153 Å². The van der Waals surface area contributed by atoms with Crippen molar-refractivity contribution in [2.75, 3.05) is 5.32 Å². The third-order valence-electron chi connectivity index (χ3n) is 3.66. The van der Waals surface area contributed by atoms with Crippen LogP contribution in [0.25, 0.3) is 0 Å². The van der Waals surface area contributed by atoms with Gasteiger partial charge in [0.25, 0.3) is 5.91 Å². The molecule has 0 aromatic heterocycles. The molecular formula is C20H20ClN3O. The fourth-order valence-electron chi connectivity index (χ4n) is 2.33. The van der Waals surface area contributed by atoms with E-state index in [0.717, 1.165) is 16.8 Å². The maximum absolute atomic E-state index is 12.3. The first-order chi connectivity index (χ1) is 12.0. The van der Waals surface area contributed by atoms with Crippen LogP contribution < -0.4 is 10.6 Å². The van der Waals surface area contributed by atoms with Crippen molar-refractivity contribution >= 4 is 23.2 Å². The Balaban J connectivity index is 2.03. The van der Waals surface area contributed by atoms with Crippen molar-refractivity contribution in [1.29, 1.82) is 5.26 Å². The predicted octanol–water partition coefficient (Wildman–Crippen LogP) is 4.60. The van der Waals surface area contributed by atoms with Crippen LogP contribution in [-0.4, -0.2) is 5.91 Å². The van der Waals surface area contributed by atoms with Crippen molar-refractivity contribution in [2.45, 2.75) is 26.3 Å². The van der Waals surface area contributed by atoms with Crippen molar-refractivity contribution in [3.05, 3.63) is 76.5 Å². The number of halogens is 1. The van der Waals surface area contributed by atoms with Gasteiger partial charge in [-0.2, -0.15) is 5.26 Å². The highest BCUT2D eigenvalue weighted by atomic mass is 35.5. The summed E-state index contributed by atoms with van der Waals surface area (Å²) in [5, 5.41) is 15.7. The summed E-state index contributed by atoms with van der Waals surface area (Å²) in [5.74, 6) is -0.159. The molecule has 128 valence electrons. The first-order valence-electron chi connectivity index (χ1n) is 7.99. The standard InChI is InChI=1S/C20H20ClN3O/c1-14(2)18-5-3-4-6-19(18)24-20(25)16(11-22)13-23-12-15-7-9-17(21)10-8-15/h3-10,13-14,23H,12H2,1-2H3,(H,24,25)/b16-13-. The first-order valence-corrected chi connectivity index (χ1v) is 8.37. The molecule has 0 unspecified atom stereocenters. The number of amides is 1. The van der Waals surface area contributed by atoms with Crippen LogP contribution in [0.5, 0.6) is 0 Å². The van der Waals surface area contributed by atoms with E-state index in [1.807, 2.05) is 42.5 Å². The summed E-state index contributed by atoms with van der Waals surface area (Å²) in [6.45, 7) is 4.61. The van der Waals surface area contributed by atoms with Crippen LogP contribution in [0.2, 0.25) is 5.02 Å². The van der Waals surface area contributed by atoms with E-state index in [0.29, 0.717) is 11.6 Å². The van der Waals surface area contributed by atoms with Gasteiger partial charge in [0.2, 0.25) is 0 Å². The van der Waals surface area contributed by atoms with Crippen molar-refractivity contribution in [1.82, 2.24) is 5.32 Å². The Bertz CT molecular complexity index is 804. The van der Waals surface area contributed by atoms with Gasteiger partial charge in [-0.1, -0.05) is 55.8 Å². The van der Waals surface area contributed by atoms with Gasteiger partial charge in [-0.15, -0.1) is 0 Å². The number of rotatable bonds is 6. The Hall–Kier alpha value is -2.77. The van der Waals surface area contributed by atoms with Gasteiger partial charge in [0.05, 0.1) is 0 Å². The molecule has 0 fully saturated rings. The second-order valence-corrected chi connectivity index (χ2v) is 6.31. The van der Waals surface area contributed by atoms with Gasteiger partial charge in [-0.3, -0.25) is 4.79 Å². The van der Waals surface area contributed by atoms with Gasteiger partial charge in [0.1, 0.15) is 11.6 Å². The van der Waals surface area contributed by atoms with Crippen LogP contribution in [0.15, 0.2) is 60.3 Å². The van der Waals surface area contributed by atoms with Gasteiger partial charge < -0.3 is 10.6 Å². The highest BCUT2D eigenvalue weighted by molar-refractivity contribution is 6.30. The van der Waals surface area contributed by atoms with Gasteiger partial charge in [-0.05, 0) is 35.2 Å². The molecule has 0 spiro atoms. The average Bonchev–Trinajstić information content (AvgIpc) is 2.60. The van der Waals surface area contributed by atoms with Crippen LogP contribution >= 0.6 is 11.6 Å². The quantitative estimate of drug-likeness (QED) is 0.589. The number of para-hydroxylation sites is 1. The molecule has 1 amide bonds. The summed E-state index contributed by atoms with van der Waals surface area (Å²) >= 11 is 5.84. The molecule has 4 nitrogen and oxygen atoms in total. The largest absolute Gasteiger partial charge is 0.386 e. The highest BCUT2D eigenvalue weighted by Crippen LogP contribution is 2.24. The summed E-state index contributed by atoms with van der Waals surface area (Å²) in [6, 6.07) is 16.9. The van der Waals surface area contributed by atoms with Crippen LogP contribution in [0.4, 0.5) is 5.69 Å². The second-order valence-electron chi connectivity index (χ2n) is 5.87. The number of hydrogen-bond acceptors (Lipinski definition) is 3. The summed E-state index contributed by atoms with van der Waals surface area (Å²) in [6.07, 6.45) is 1.43. The Kier molecular flexibility index (Phi) is 6.62. The Morgan fingerprint density at radius 2 is 1.88 bits per heavy atom. The number of benzene rings is 2. The third-order valence-corrected chi connectivity index (χ3v) is 3.91. The highest BCUT2D eigenvalue weighted by Gasteiger charge is 2.12. The normalized spacial score (nSPS) is 11.1. The zero-order valence-corrected chi connectivity index (χ0v) is 15.0. The number of carbonyl (C=O) groups excluding carboxylic acids is 1. The predicted molar refractivity (Wildman–Crippen MR) is 101 cm³/mol. The number of anilines is 1. The summed E-state index contributed by atoms with van der Waals surface area (Å²) in [7, 11) is 0. The zero-order valence-electron chi connectivity index (χ0n) is 14.2. The zero-order chi connectivity index (χ0) is 18.2. The van der Waals surface area contributed by atoms with E-state index < -0.39 is 5.91 Å². The van der Waals surface area contributed by atoms with E-state index in [4.69, 9.17) is 11.6 Å². The van der Waals surface area contributed by atoms with Crippen molar-refractivity contribution < 1.29 is 4.79 Å². The molecule has 0 heterocycles. The minimum atomic E-state index is -0.431. The molecule has 2 aromatic rings. The molecule has 0 saturated carbocycles. The summed E-state index contributed by atoms with van der Waals surface area (Å²) < 4.78 is 0. The number of carbonyl (C=O) groups is 1. The molecule has 0 aliphatic carbocycles. The first kappa shape index (κ1) is 18.6. The topological polar surface area (TPSA) is 64.9 Å². The smallest absolute Gasteiger partial charge is 0.267 e. The maximum atomic E-state index is 12.3. The lowest BCUT2D eigenvalue weighted by Gasteiger charge is -2.13. The van der Waals surface area contributed by atoms with Crippen molar-refractivity contribution in [3.63, 3.8) is 0 Å². The third kappa shape index (κ3) is 5.37. The van der Waals surface area contributed by atoms with E-state index in [1.165, 1.54) is 6.20 Å². The molecule has 0 aliphatic rings. The number of hydrogen-bond donors (Lipinski definition) is 2. The van der Waals surface area contributed by atoms with Crippen molar-refractivity contribution in [3.8, 4) is 6.07 Å². The number of nitrogens with zero attached hydrogens (tertiary/aromatic N) is 1. The lowest BCUT2D eigenvalue weighted by atomic mass is 10.0. The van der Waals surface area contributed by atoms with Gasteiger partial charge in [-0.25, -0.2) is 0 Å². The molecule has 5 heteroatoms. The molecule has 0 saturated heterocycles. The monoisotopic (exact) mass is 353 g/mol. The lowest BCUT2D eigenvalue weighted by molar-refractivity contribution is -0.112. The number of nitrogens with one attached hydrogen (secondary N) is 2. The molecule has 0 aliphatic heterocycles. The SMILES string of the molecule is CC(C)c1ccccc1NC(=O)/C(C#N)=C\NCc1ccc(Cl)cc1. The minimum absolute atomic E-state index is 0.0209. The van der Waals surface area contributed by atoms with Gasteiger partial charge >= 0.3 is 0 Å². The van der Waals surface area contributed by atoms with E-state index >= 15 is 0 Å². The van der Waals surface area contributed by atoms with Crippen LogP contribution in [0.3, 0.4) is 0 Å². The van der Waals surface area contributed by atoms with Gasteiger partial charge in [0.15, 0.2) is 0 Å². The fourth-order valence-corrected chi connectivity index (χ4v) is 2.45. The van der Waals surface area contributed by atoms with Crippen LogP contribution in [-0.2, 0) is 11.3 Å². The summed E-state index contributed by atoms with van der Waals surface area (Å²) in [4.78, 5) is 12.3. The summed E-state index contributed by atoms with van der Waals surface area (Å²) in [5.41, 5.74) is 2.78.